The molecule has 8 nitrogen and oxygen atoms in total. The Hall–Kier alpha value is -3.88. The number of hydrogen-bond acceptors (Lipinski definition) is 7. The third kappa shape index (κ3) is 4.40. The van der Waals surface area contributed by atoms with Gasteiger partial charge in [0, 0.05) is 11.6 Å². The van der Waals surface area contributed by atoms with E-state index in [1.165, 1.54) is 25.1 Å². The molecule has 0 heterocycles. The Balaban J connectivity index is 1.80. The number of ketones is 1. The van der Waals surface area contributed by atoms with Gasteiger partial charge < -0.3 is 20.1 Å². The van der Waals surface area contributed by atoms with E-state index in [-0.39, 0.29) is 22.4 Å². The zero-order chi connectivity index (χ0) is 21.8. The Bertz CT molecular complexity index is 1060. The van der Waals surface area contributed by atoms with Crippen LogP contribution in [-0.4, -0.2) is 38.2 Å². The molecule has 0 aliphatic heterocycles. The fourth-order valence-electron chi connectivity index (χ4n) is 2.88. The molecule has 30 heavy (non-hydrogen) atoms. The maximum atomic E-state index is 12.7. The standard InChI is InChI=1S/C22H20N2O6/c1-13-10-15(25)12-18(26)19(13)21(28)24(23)22(29)20(27)14-6-5-9-17(11-14)30-16-7-3-2-4-8-16/h2-12,22,25-26,29H,23H2,1H3. The normalized spacial score (nSPS) is 11.6. The Morgan fingerprint density at radius 3 is 2.30 bits per heavy atom. The number of aryl methyl sites for hydroxylation is 1. The molecule has 0 saturated carbocycles. The summed E-state index contributed by atoms with van der Waals surface area (Å²) in [7, 11) is 0. The van der Waals surface area contributed by atoms with E-state index in [9.17, 15) is 24.9 Å². The molecule has 0 aliphatic rings. The molecule has 0 radical (unpaired) electrons. The summed E-state index contributed by atoms with van der Waals surface area (Å²) in [4.78, 5) is 25.3. The van der Waals surface area contributed by atoms with Crippen LogP contribution in [-0.2, 0) is 0 Å². The molecule has 3 aromatic rings. The highest BCUT2D eigenvalue weighted by atomic mass is 16.5. The number of para-hydroxylation sites is 1. The van der Waals surface area contributed by atoms with Crippen LogP contribution in [0.25, 0.3) is 0 Å². The molecule has 0 aliphatic carbocycles. The Morgan fingerprint density at radius 1 is 0.967 bits per heavy atom. The lowest BCUT2D eigenvalue weighted by Crippen LogP contribution is -2.49. The third-order valence-electron chi connectivity index (χ3n) is 4.34. The molecule has 3 aromatic carbocycles. The van der Waals surface area contributed by atoms with E-state index in [2.05, 4.69) is 0 Å². The van der Waals surface area contributed by atoms with Gasteiger partial charge >= 0.3 is 0 Å². The number of hydrogen-bond donors (Lipinski definition) is 4. The van der Waals surface area contributed by atoms with Crippen LogP contribution in [0.3, 0.4) is 0 Å². The summed E-state index contributed by atoms with van der Waals surface area (Å²) in [6, 6.07) is 17.2. The topological polar surface area (TPSA) is 133 Å². The summed E-state index contributed by atoms with van der Waals surface area (Å²) in [5.74, 6) is 4.03. The number of nitrogens with two attached hydrogens (primary N) is 1. The minimum Gasteiger partial charge on any atom is -0.508 e. The summed E-state index contributed by atoms with van der Waals surface area (Å²) < 4.78 is 5.67. The van der Waals surface area contributed by atoms with Crippen LogP contribution in [0.5, 0.6) is 23.0 Å². The first kappa shape index (κ1) is 20.8. The van der Waals surface area contributed by atoms with Crippen LogP contribution in [0.1, 0.15) is 26.3 Å². The first-order valence-corrected chi connectivity index (χ1v) is 8.94. The van der Waals surface area contributed by atoms with E-state index in [1.54, 1.807) is 36.4 Å². The van der Waals surface area contributed by atoms with Gasteiger partial charge in [0.1, 0.15) is 23.0 Å². The van der Waals surface area contributed by atoms with E-state index < -0.39 is 23.7 Å². The zero-order valence-electron chi connectivity index (χ0n) is 16.0. The van der Waals surface area contributed by atoms with Crippen molar-refractivity contribution in [3.63, 3.8) is 0 Å². The lowest BCUT2D eigenvalue weighted by atomic mass is 10.0. The van der Waals surface area contributed by atoms with Crippen molar-refractivity contribution in [3.05, 3.63) is 83.4 Å². The summed E-state index contributed by atoms with van der Waals surface area (Å²) in [6.45, 7) is 1.47. The van der Waals surface area contributed by atoms with Crippen molar-refractivity contribution in [2.75, 3.05) is 0 Å². The number of hydrazine groups is 1. The molecule has 0 fully saturated rings. The summed E-state index contributed by atoms with van der Waals surface area (Å²) in [6.07, 6.45) is -2.00. The number of nitrogens with zero attached hydrogens (tertiary/aromatic N) is 1. The van der Waals surface area contributed by atoms with Crippen molar-refractivity contribution in [3.8, 4) is 23.0 Å². The van der Waals surface area contributed by atoms with Gasteiger partial charge in [-0.05, 0) is 42.8 Å². The van der Waals surface area contributed by atoms with E-state index in [4.69, 9.17) is 10.6 Å². The van der Waals surface area contributed by atoms with Gasteiger partial charge in [-0.1, -0.05) is 30.3 Å². The molecular weight excluding hydrogens is 388 g/mol. The highest BCUT2D eigenvalue weighted by molar-refractivity contribution is 6.04. The maximum Gasteiger partial charge on any atom is 0.274 e. The van der Waals surface area contributed by atoms with E-state index in [0.717, 1.165) is 6.07 Å². The number of ether oxygens (including phenoxy) is 1. The number of aromatic hydroxyl groups is 2. The van der Waals surface area contributed by atoms with Crippen molar-refractivity contribution >= 4 is 11.7 Å². The molecule has 1 amide bonds. The molecule has 0 spiro atoms. The number of benzene rings is 3. The lowest BCUT2D eigenvalue weighted by Gasteiger charge is -2.23. The molecule has 5 N–H and O–H groups in total. The van der Waals surface area contributed by atoms with Crippen molar-refractivity contribution in [2.45, 2.75) is 13.2 Å². The largest absolute Gasteiger partial charge is 0.508 e. The smallest absolute Gasteiger partial charge is 0.274 e. The number of aliphatic hydroxyl groups excluding tert-OH is 1. The van der Waals surface area contributed by atoms with Crippen LogP contribution in [0.15, 0.2) is 66.7 Å². The third-order valence-corrected chi connectivity index (χ3v) is 4.34. The van der Waals surface area contributed by atoms with Crippen molar-refractivity contribution in [1.29, 1.82) is 0 Å². The SMILES string of the molecule is Cc1cc(O)cc(O)c1C(=O)N(N)C(O)C(=O)c1cccc(Oc2ccccc2)c1. The first-order valence-electron chi connectivity index (χ1n) is 8.94. The van der Waals surface area contributed by atoms with Gasteiger partial charge in [0.25, 0.3) is 5.91 Å². The van der Waals surface area contributed by atoms with Gasteiger partial charge in [-0.15, -0.1) is 0 Å². The summed E-state index contributed by atoms with van der Waals surface area (Å²) in [5, 5.41) is 30.1. The highest BCUT2D eigenvalue weighted by Crippen LogP contribution is 2.28. The second-order valence-corrected chi connectivity index (χ2v) is 6.55. The first-order chi connectivity index (χ1) is 14.3. The lowest BCUT2D eigenvalue weighted by molar-refractivity contribution is 0.0109. The number of Topliss-reactive ketones (excluding diaryl/α,β-unsaturated/α-hetero) is 1. The highest BCUT2D eigenvalue weighted by Gasteiger charge is 2.30. The molecule has 3 rings (SSSR count). The fraction of sp³-hybridized carbons (Fsp3) is 0.0909. The van der Waals surface area contributed by atoms with Gasteiger partial charge in [-0.3, -0.25) is 9.59 Å². The predicted molar refractivity (Wildman–Crippen MR) is 108 cm³/mol. The van der Waals surface area contributed by atoms with Gasteiger partial charge in [-0.2, -0.15) is 0 Å². The number of carbonyl (C=O) groups is 2. The number of carbonyl (C=O) groups excluding carboxylic acids is 2. The molecule has 0 saturated heterocycles. The van der Waals surface area contributed by atoms with Gasteiger partial charge in [-0.25, -0.2) is 10.9 Å². The number of amides is 1. The summed E-state index contributed by atoms with van der Waals surface area (Å²) >= 11 is 0. The zero-order valence-corrected chi connectivity index (χ0v) is 16.0. The van der Waals surface area contributed by atoms with Crippen molar-refractivity contribution < 1.29 is 29.6 Å². The molecular formula is C22H20N2O6. The van der Waals surface area contributed by atoms with E-state index in [1.807, 2.05) is 6.07 Å². The number of aliphatic hydroxyl groups is 1. The molecule has 1 atom stereocenters. The molecule has 8 heteroatoms. The van der Waals surface area contributed by atoms with Crippen LogP contribution in [0.2, 0.25) is 0 Å². The number of rotatable bonds is 6. The monoisotopic (exact) mass is 408 g/mol. The molecule has 0 aromatic heterocycles. The number of phenols is 2. The average molecular weight is 408 g/mol. The quantitative estimate of drug-likeness (QED) is 0.162. The average Bonchev–Trinajstić information content (AvgIpc) is 2.72. The molecule has 1 unspecified atom stereocenters. The number of phenolic OH excluding ortho intramolecular Hbond substituents is 2. The summed E-state index contributed by atoms with van der Waals surface area (Å²) in [5.41, 5.74) is 0.0694. The second kappa shape index (κ2) is 8.64. The van der Waals surface area contributed by atoms with Gasteiger partial charge in [0.15, 0.2) is 0 Å². The van der Waals surface area contributed by atoms with Crippen molar-refractivity contribution in [2.24, 2.45) is 5.84 Å². The van der Waals surface area contributed by atoms with Crippen LogP contribution in [0.4, 0.5) is 0 Å². The molecule has 0 bridgehead atoms. The Labute approximate surface area is 172 Å². The van der Waals surface area contributed by atoms with Gasteiger partial charge in [0.05, 0.1) is 5.56 Å². The van der Waals surface area contributed by atoms with E-state index in [0.29, 0.717) is 16.5 Å². The van der Waals surface area contributed by atoms with E-state index >= 15 is 0 Å². The maximum absolute atomic E-state index is 12.7. The molecule has 154 valence electrons. The predicted octanol–water partition coefficient (Wildman–Crippen LogP) is 2.72. The Kier molecular flexibility index (Phi) is 6.01. The Morgan fingerprint density at radius 2 is 1.63 bits per heavy atom. The van der Waals surface area contributed by atoms with Crippen molar-refractivity contribution in [1.82, 2.24) is 5.01 Å². The minimum absolute atomic E-state index is 0.0748. The fourth-order valence-corrected chi connectivity index (χ4v) is 2.88. The second-order valence-electron chi connectivity index (χ2n) is 6.55. The van der Waals surface area contributed by atoms with Crippen LogP contribution in [0, 0.1) is 6.92 Å². The van der Waals surface area contributed by atoms with Crippen LogP contribution < -0.4 is 10.6 Å². The van der Waals surface area contributed by atoms with Gasteiger partial charge in [0.2, 0.25) is 12.0 Å². The minimum atomic E-state index is -2.00. The van der Waals surface area contributed by atoms with Crippen LogP contribution >= 0.6 is 0 Å².